The summed E-state index contributed by atoms with van der Waals surface area (Å²) in [4.78, 5) is 38.7. The predicted molar refractivity (Wildman–Crippen MR) is 152 cm³/mol. The number of hydrogen-bond acceptors (Lipinski definition) is 9. The van der Waals surface area contributed by atoms with E-state index in [9.17, 15) is 14.4 Å². The minimum Gasteiger partial charge on any atom is -0.378 e. The molecule has 0 spiro atoms. The lowest BCUT2D eigenvalue weighted by molar-refractivity contribution is -0.117. The van der Waals surface area contributed by atoms with Crippen LogP contribution in [0.4, 0.5) is 0 Å². The molecule has 12 heteroatoms. The van der Waals surface area contributed by atoms with Crippen molar-refractivity contribution < 1.29 is 23.3 Å². The number of nitrogens with zero attached hydrogens (tertiary/aromatic N) is 2. The number of carbonyl (C=O) groups is 1. The van der Waals surface area contributed by atoms with Crippen LogP contribution in [0.2, 0.25) is 0 Å². The first kappa shape index (κ1) is 33.1. The van der Waals surface area contributed by atoms with E-state index in [4.69, 9.17) is 18.5 Å². The normalized spacial score (nSPS) is 21.1. The van der Waals surface area contributed by atoms with Crippen molar-refractivity contribution in [2.45, 2.75) is 106 Å². The monoisotopic (exact) mass is 575 g/mol. The lowest BCUT2D eigenvalue weighted by atomic mass is 10.00. The summed E-state index contributed by atoms with van der Waals surface area (Å²) >= 11 is 1.29. The number of aromatic nitrogens is 2. The Kier molecular flexibility index (Phi) is 13.1. The van der Waals surface area contributed by atoms with Crippen molar-refractivity contribution in [2.75, 3.05) is 25.6 Å². The highest BCUT2D eigenvalue weighted by molar-refractivity contribution is 8.13. The van der Waals surface area contributed by atoms with Crippen LogP contribution < -0.4 is 11.2 Å². The number of carbonyl (C=O) groups excluding carboxylic acids is 1. The number of hydrogen-bond donors (Lipinski definition) is 1. The molecule has 0 saturated carbocycles. The molecule has 1 N–H and O–H groups in total. The van der Waals surface area contributed by atoms with Gasteiger partial charge in [-0.2, -0.15) is 0 Å². The van der Waals surface area contributed by atoms with Crippen molar-refractivity contribution in [2.24, 2.45) is 5.41 Å². The molecule has 4 atom stereocenters. The van der Waals surface area contributed by atoms with E-state index in [0.717, 1.165) is 0 Å². The van der Waals surface area contributed by atoms with Gasteiger partial charge in [0, 0.05) is 41.4 Å². The molecule has 218 valence electrons. The molecule has 0 aliphatic carbocycles. The number of aromatic amines is 1. The topological polar surface area (TPSA) is 112 Å². The van der Waals surface area contributed by atoms with Crippen LogP contribution in [0, 0.1) is 12.3 Å². The Morgan fingerprint density at radius 1 is 1.21 bits per heavy atom. The van der Waals surface area contributed by atoms with Crippen molar-refractivity contribution >= 4 is 25.4 Å². The molecule has 1 aromatic heterocycles. The predicted octanol–water partition coefficient (Wildman–Crippen LogP) is 4.61. The molecule has 2 unspecified atom stereocenters. The van der Waals surface area contributed by atoms with Gasteiger partial charge in [0.05, 0.1) is 32.0 Å². The largest absolute Gasteiger partial charge is 0.378 e. The van der Waals surface area contributed by atoms with Gasteiger partial charge in [0.25, 0.3) is 14.1 Å². The molecule has 0 amide bonds. The Morgan fingerprint density at radius 2 is 1.87 bits per heavy atom. The lowest BCUT2D eigenvalue weighted by Gasteiger charge is -2.37. The van der Waals surface area contributed by atoms with Crippen LogP contribution in [0.1, 0.15) is 80.0 Å². The van der Waals surface area contributed by atoms with E-state index < -0.39 is 26.0 Å². The van der Waals surface area contributed by atoms with E-state index >= 15 is 0 Å². The van der Waals surface area contributed by atoms with Gasteiger partial charge >= 0.3 is 5.69 Å². The standard InChI is InChI=1S/C26H46N3O7PS/c1-10-20-21(15-22(35-20)28-16-19(6)23(30)27-25(28)32)36-37(29(17(2)3)18(4)5)34-12-11-33-13-14-38-24(31)26(7,8)9/h16-18,20-22H,10-15H2,1-9H3,(H,27,30,32)/t20-,21?,22-,37?/m1/s1. The van der Waals surface area contributed by atoms with Gasteiger partial charge in [-0.3, -0.25) is 19.1 Å². The third kappa shape index (κ3) is 9.54. The van der Waals surface area contributed by atoms with Gasteiger partial charge in [-0.05, 0) is 41.0 Å². The average Bonchev–Trinajstić information content (AvgIpc) is 3.21. The zero-order chi connectivity index (χ0) is 28.6. The third-order valence-electron chi connectivity index (χ3n) is 6.01. The molecule has 0 aromatic carbocycles. The first-order valence-corrected chi connectivity index (χ1v) is 15.5. The molecule has 2 rings (SSSR count). The fourth-order valence-corrected chi connectivity index (χ4v) is 6.63. The Hall–Kier alpha value is -1.07. The highest BCUT2D eigenvalue weighted by Crippen LogP contribution is 2.50. The van der Waals surface area contributed by atoms with Crippen molar-refractivity contribution in [1.29, 1.82) is 0 Å². The van der Waals surface area contributed by atoms with Crippen LogP contribution >= 0.6 is 20.3 Å². The summed E-state index contributed by atoms with van der Waals surface area (Å²) in [5, 5.41) is 0.153. The molecule has 1 aliphatic rings. The van der Waals surface area contributed by atoms with Gasteiger partial charge in [0.2, 0.25) is 0 Å². The van der Waals surface area contributed by atoms with Gasteiger partial charge in [0.15, 0.2) is 5.12 Å². The summed E-state index contributed by atoms with van der Waals surface area (Å²) < 4.78 is 28.4. The van der Waals surface area contributed by atoms with E-state index in [1.165, 1.54) is 16.3 Å². The van der Waals surface area contributed by atoms with Crippen LogP contribution in [0.25, 0.3) is 0 Å². The number of H-pyrrole nitrogens is 1. The molecule has 1 aliphatic heterocycles. The summed E-state index contributed by atoms with van der Waals surface area (Å²) in [7, 11) is -1.43. The Balaban J connectivity index is 2.02. The minimum atomic E-state index is -1.43. The summed E-state index contributed by atoms with van der Waals surface area (Å²) in [5.41, 5.74) is -0.803. The quantitative estimate of drug-likeness (QED) is 0.251. The van der Waals surface area contributed by atoms with E-state index in [-0.39, 0.29) is 34.8 Å². The highest BCUT2D eigenvalue weighted by Gasteiger charge is 2.40. The van der Waals surface area contributed by atoms with E-state index in [1.807, 2.05) is 27.7 Å². The molecule has 10 nitrogen and oxygen atoms in total. The van der Waals surface area contributed by atoms with Crippen molar-refractivity contribution in [3.05, 3.63) is 32.6 Å². The molecule has 1 saturated heterocycles. The van der Waals surface area contributed by atoms with Gasteiger partial charge in [-0.15, -0.1) is 0 Å². The van der Waals surface area contributed by atoms with Crippen molar-refractivity contribution in [3.8, 4) is 0 Å². The third-order valence-corrected chi connectivity index (χ3v) is 9.41. The first-order chi connectivity index (χ1) is 17.8. The van der Waals surface area contributed by atoms with Gasteiger partial charge in [0.1, 0.15) is 6.23 Å². The van der Waals surface area contributed by atoms with Gasteiger partial charge in [-0.25, -0.2) is 9.46 Å². The zero-order valence-electron chi connectivity index (χ0n) is 24.3. The summed E-state index contributed by atoms with van der Waals surface area (Å²) in [6.45, 7) is 19.1. The second-order valence-corrected chi connectivity index (χ2v) is 13.5. The number of rotatable bonds is 14. The molecule has 0 bridgehead atoms. The van der Waals surface area contributed by atoms with Crippen LogP contribution in [0.15, 0.2) is 15.8 Å². The van der Waals surface area contributed by atoms with Crippen LogP contribution in [-0.4, -0.2) is 69.2 Å². The SMILES string of the molecule is CC[C@H]1O[C@@H](n2cc(C)c(=O)[nH]c2=O)CC1OP(OCCOCCSC(=O)C(C)(C)C)N(C(C)C)C(C)C. The Bertz CT molecular complexity index is 1000. The van der Waals surface area contributed by atoms with Crippen molar-refractivity contribution in [1.82, 2.24) is 14.2 Å². The zero-order valence-corrected chi connectivity index (χ0v) is 26.0. The maximum absolute atomic E-state index is 12.4. The number of aryl methyl sites for hydroxylation is 1. The Morgan fingerprint density at radius 3 is 2.45 bits per heavy atom. The van der Waals surface area contributed by atoms with Crippen LogP contribution in [0.3, 0.4) is 0 Å². The Labute approximate surface area is 232 Å². The number of ether oxygens (including phenoxy) is 2. The van der Waals surface area contributed by atoms with E-state index in [1.54, 1.807) is 13.1 Å². The maximum Gasteiger partial charge on any atom is 0.330 e. The second-order valence-electron chi connectivity index (χ2n) is 11.0. The fourth-order valence-electron chi connectivity index (χ4n) is 4.07. The number of thioether (sulfide) groups is 1. The molecular weight excluding hydrogens is 529 g/mol. The summed E-state index contributed by atoms with van der Waals surface area (Å²) in [6, 6.07) is 0.369. The van der Waals surface area contributed by atoms with E-state index in [0.29, 0.717) is 44.0 Å². The summed E-state index contributed by atoms with van der Waals surface area (Å²) in [6.07, 6.45) is 1.68. The molecule has 0 radical (unpaired) electrons. The van der Waals surface area contributed by atoms with Crippen LogP contribution in [-0.2, 0) is 23.3 Å². The lowest BCUT2D eigenvalue weighted by Crippen LogP contribution is -2.36. The molecule has 1 fully saturated rings. The van der Waals surface area contributed by atoms with Crippen molar-refractivity contribution in [3.63, 3.8) is 0 Å². The molecular formula is C26H46N3O7PS. The highest BCUT2D eigenvalue weighted by atomic mass is 32.2. The molecule has 1 aromatic rings. The van der Waals surface area contributed by atoms with Gasteiger partial charge in [-0.1, -0.05) is 39.5 Å². The fraction of sp³-hybridized carbons (Fsp3) is 0.808. The number of nitrogens with one attached hydrogen (secondary N) is 1. The van der Waals surface area contributed by atoms with E-state index in [2.05, 4.69) is 37.3 Å². The summed E-state index contributed by atoms with van der Waals surface area (Å²) in [5.74, 6) is 0.605. The molecule has 38 heavy (non-hydrogen) atoms. The van der Waals surface area contributed by atoms with Crippen LogP contribution in [0.5, 0.6) is 0 Å². The molecule has 2 heterocycles. The maximum atomic E-state index is 12.4. The smallest absolute Gasteiger partial charge is 0.330 e. The first-order valence-electron chi connectivity index (χ1n) is 13.4. The second kappa shape index (κ2) is 15.1. The average molecular weight is 576 g/mol. The minimum absolute atomic E-state index is 0.153. The van der Waals surface area contributed by atoms with Gasteiger partial charge < -0.3 is 18.5 Å².